The number of rotatable bonds is 5. The second-order valence-corrected chi connectivity index (χ2v) is 6.90. The van der Waals surface area contributed by atoms with Crippen LogP contribution in [0, 0.1) is 0 Å². The minimum atomic E-state index is -0.725. The van der Waals surface area contributed by atoms with Crippen molar-refractivity contribution >= 4 is 45.0 Å². The predicted octanol–water partition coefficient (Wildman–Crippen LogP) is 3.61. The van der Waals surface area contributed by atoms with Crippen LogP contribution in [0.2, 0.25) is 0 Å². The highest BCUT2D eigenvalue weighted by Gasteiger charge is 2.08. The van der Waals surface area contributed by atoms with E-state index in [1.807, 2.05) is 13.0 Å². The summed E-state index contributed by atoms with van der Waals surface area (Å²) in [5.74, 6) is 0.169. The monoisotopic (exact) mass is 294 g/mol. The van der Waals surface area contributed by atoms with Gasteiger partial charge in [0.25, 0.3) is 0 Å². The zero-order valence-corrected chi connectivity index (χ0v) is 10.9. The molecule has 0 fully saturated rings. The molecule has 0 saturated heterocycles. The fourth-order valence-corrected chi connectivity index (χ4v) is 3.48. The predicted molar refractivity (Wildman–Crippen MR) is 65.0 cm³/mol. The van der Waals surface area contributed by atoms with Gasteiger partial charge in [0.1, 0.15) is 0 Å². The second kappa shape index (κ2) is 5.78. The Labute approximate surface area is 99.8 Å². The van der Waals surface area contributed by atoms with E-state index in [0.29, 0.717) is 0 Å². The highest BCUT2D eigenvalue weighted by molar-refractivity contribution is 9.11. The number of carboxylic acids is 1. The number of halogens is 1. The molecule has 2 nitrogen and oxygen atoms in total. The first-order chi connectivity index (χ1) is 6.58. The molecule has 5 heteroatoms. The fraction of sp³-hybridized carbons (Fsp3) is 0.444. The van der Waals surface area contributed by atoms with Crippen molar-refractivity contribution in [1.29, 1.82) is 0 Å². The van der Waals surface area contributed by atoms with Crippen LogP contribution in [-0.4, -0.2) is 16.3 Å². The zero-order valence-electron chi connectivity index (χ0n) is 7.70. The molecule has 1 heterocycles. The highest BCUT2D eigenvalue weighted by atomic mass is 79.9. The van der Waals surface area contributed by atoms with Gasteiger partial charge in [0, 0.05) is 15.9 Å². The topological polar surface area (TPSA) is 37.3 Å². The van der Waals surface area contributed by atoms with Gasteiger partial charge in [0.15, 0.2) is 0 Å². The second-order valence-electron chi connectivity index (χ2n) is 2.93. The molecular formula is C9H11BrO2S2. The summed E-state index contributed by atoms with van der Waals surface area (Å²) in [6.45, 7) is 1.95. The number of thioether (sulfide) groups is 1. The van der Waals surface area contributed by atoms with Crippen LogP contribution in [0.4, 0.5) is 0 Å². The first-order valence-electron chi connectivity index (χ1n) is 4.15. The molecule has 14 heavy (non-hydrogen) atoms. The van der Waals surface area contributed by atoms with Gasteiger partial charge >= 0.3 is 5.97 Å². The van der Waals surface area contributed by atoms with E-state index in [1.165, 1.54) is 4.88 Å². The van der Waals surface area contributed by atoms with Gasteiger partial charge in [-0.05, 0) is 28.1 Å². The average molecular weight is 295 g/mol. The molecule has 1 aromatic heterocycles. The van der Waals surface area contributed by atoms with Crippen LogP contribution in [0.25, 0.3) is 0 Å². The Morgan fingerprint density at radius 3 is 2.93 bits per heavy atom. The maximum atomic E-state index is 10.4. The quantitative estimate of drug-likeness (QED) is 0.901. The van der Waals surface area contributed by atoms with Crippen LogP contribution < -0.4 is 0 Å². The van der Waals surface area contributed by atoms with Crippen molar-refractivity contribution < 1.29 is 9.90 Å². The number of carbonyl (C=O) groups is 1. The maximum absolute atomic E-state index is 10.4. The van der Waals surface area contributed by atoms with Crippen LogP contribution in [-0.2, 0) is 10.5 Å². The van der Waals surface area contributed by atoms with Crippen molar-refractivity contribution in [2.45, 2.75) is 24.3 Å². The standard InChI is InChI=1S/C9H11BrO2S2/c1-6(4-9(11)12)13-5-7-2-3-8(10)14-7/h2-3,6H,4-5H2,1H3,(H,11,12). The minimum Gasteiger partial charge on any atom is -0.481 e. The summed E-state index contributed by atoms with van der Waals surface area (Å²) >= 11 is 6.77. The molecule has 1 aromatic rings. The van der Waals surface area contributed by atoms with E-state index in [4.69, 9.17) is 5.11 Å². The van der Waals surface area contributed by atoms with E-state index < -0.39 is 5.97 Å². The van der Waals surface area contributed by atoms with Crippen molar-refractivity contribution in [2.75, 3.05) is 0 Å². The Morgan fingerprint density at radius 2 is 2.43 bits per heavy atom. The Hall–Kier alpha value is -0.0000000000000000833. The summed E-state index contributed by atoms with van der Waals surface area (Å²) in [6.07, 6.45) is 0.233. The van der Waals surface area contributed by atoms with E-state index in [0.717, 1.165) is 9.54 Å². The molecule has 78 valence electrons. The third-order valence-electron chi connectivity index (χ3n) is 1.60. The van der Waals surface area contributed by atoms with Crippen LogP contribution >= 0.6 is 39.0 Å². The first-order valence-corrected chi connectivity index (χ1v) is 6.81. The minimum absolute atomic E-state index is 0.174. The first kappa shape index (κ1) is 12.1. The van der Waals surface area contributed by atoms with Crippen molar-refractivity contribution in [3.63, 3.8) is 0 Å². The summed E-state index contributed by atoms with van der Waals surface area (Å²) in [6, 6.07) is 4.08. The third-order valence-corrected chi connectivity index (χ3v) is 4.62. The van der Waals surface area contributed by atoms with Gasteiger partial charge in [-0.25, -0.2) is 0 Å². The lowest BCUT2D eigenvalue weighted by Crippen LogP contribution is -2.05. The molecule has 1 N–H and O–H groups in total. The average Bonchev–Trinajstić information content (AvgIpc) is 2.47. The molecule has 0 amide bonds. The maximum Gasteiger partial charge on any atom is 0.304 e. The molecular weight excluding hydrogens is 284 g/mol. The van der Waals surface area contributed by atoms with Gasteiger partial charge in [-0.15, -0.1) is 11.3 Å². The SMILES string of the molecule is CC(CC(=O)O)SCc1ccc(Br)s1. The number of thiophene rings is 1. The molecule has 1 atom stereocenters. The summed E-state index contributed by atoms with van der Waals surface area (Å²) in [4.78, 5) is 11.7. The molecule has 1 rings (SSSR count). The summed E-state index contributed by atoms with van der Waals surface area (Å²) < 4.78 is 1.12. The smallest absolute Gasteiger partial charge is 0.304 e. The number of carboxylic acid groups (broad SMARTS) is 1. The molecule has 0 aromatic carbocycles. The lowest BCUT2D eigenvalue weighted by molar-refractivity contribution is -0.136. The molecule has 0 aliphatic carbocycles. The fourth-order valence-electron chi connectivity index (χ4n) is 0.959. The third kappa shape index (κ3) is 4.48. The Bertz CT molecular complexity index is 312. The number of hydrogen-bond donors (Lipinski definition) is 1. The number of aliphatic carboxylic acids is 1. The van der Waals surface area contributed by atoms with Gasteiger partial charge in [-0.1, -0.05) is 6.92 Å². The van der Waals surface area contributed by atoms with Crippen LogP contribution in [0.1, 0.15) is 18.2 Å². The van der Waals surface area contributed by atoms with Crippen molar-refractivity contribution in [3.8, 4) is 0 Å². The van der Waals surface area contributed by atoms with Gasteiger partial charge in [-0.3, -0.25) is 4.79 Å². The summed E-state index contributed by atoms with van der Waals surface area (Å²) in [5.41, 5.74) is 0. The van der Waals surface area contributed by atoms with E-state index in [-0.39, 0.29) is 11.7 Å². The molecule has 0 aliphatic rings. The van der Waals surface area contributed by atoms with Crippen LogP contribution in [0.15, 0.2) is 15.9 Å². The largest absolute Gasteiger partial charge is 0.481 e. The zero-order chi connectivity index (χ0) is 10.6. The molecule has 0 spiro atoms. The van der Waals surface area contributed by atoms with Gasteiger partial charge in [-0.2, -0.15) is 11.8 Å². The molecule has 0 aliphatic heterocycles. The van der Waals surface area contributed by atoms with E-state index in [1.54, 1.807) is 23.1 Å². The van der Waals surface area contributed by atoms with Crippen molar-refractivity contribution in [1.82, 2.24) is 0 Å². The lowest BCUT2D eigenvalue weighted by atomic mass is 10.3. The van der Waals surface area contributed by atoms with Gasteiger partial charge in [0.05, 0.1) is 10.2 Å². The van der Waals surface area contributed by atoms with Crippen molar-refractivity contribution in [3.05, 3.63) is 20.8 Å². The lowest BCUT2D eigenvalue weighted by Gasteiger charge is -2.06. The van der Waals surface area contributed by atoms with Crippen molar-refractivity contribution in [2.24, 2.45) is 0 Å². The Kier molecular flexibility index (Phi) is 4.98. The molecule has 0 radical (unpaired) electrons. The summed E-state index contributed by atoms with van der Waals surface area (Å²) in [7, 11) is 0. The van der Waals surface area contributed by atoms with E-state index in [2.05, 4.69) is 22.0 Å². The Morgan fingerprint density at radius 1 is 1.71 bits per heavy atom. The van der Waals surface area contributed by atoms with Crippen LogP contribution in [0.5, 0.6) is 0 Å². The Balaban J connectivity index is 2.30. The molecule has 0 bridgehead atoms. The highest BCUT2D eigenvalue weighted by Crippen LogP contribution is 2.27. The van der Waals surface area contributed by atoms with Gasteiger partial charge in [0.2, 0.25) is 0 Å². The normalized spacial score (nSPS) is 12.7. The van der Waals surface area contributed by atoms with Crippen LogP contribution in [0.3, 0.4) is 0 Å². The number of hydrogen-bond acceptors (Lipinski definition) is 3. The van der Waals surface area contributed by atoms with Gasteiger partial charge < -0.3 is 5.11 Å². The summed E-state index contributed by atoms with van der Waals surface area (Å²) in [5, 5.41) is 8.74. The molecule has 1 unspecified atom stereocenters. The van der Waals surface area contributed by atoms with E-state index in [9.17, 15) is 4.79 Å². The molecule has 0 saturated carbocycles. The van der Waals surface area contributed by atoms with E-state index >= 15 is 0 Å².